The van der Waals surface area contributed by atoms with Gasteiger partial charge in [-0.15, -0.1) is 0 Å². The predicted molar refractivity (Wildman–Crippen MR) is 86.8 cm³/mol. The SMILES string of the molecule is CC(NC(=O)CCCc1ccccc1)c1ccc(N)cc1. The summed E-state index contributed by atoms with van der Waals surface area (Å²) < 4.78 is 0. The predicted octanol–water partition coefficient (Wildman–Crippen LogP) is 3.47. The fraction of sp³-hybridized carbons (Fsp3) is 0.278. The minimum Gasteiger partial charge on any atom is -0.399 e. The molecule has 2 aromatic carbocycles. The molecule has 110 valence electrons. The Balaban J connectivity index is 1.75. The van der Waals surface area contributed by atoms with Crippen molar-refractivity contribution in [3.05, 3.63) is 65.7 Å². The van der Waals surface area contributed by atoms with Crippen LogP contribution in [0.15, 0.2) is 54.6 Å². The molecule has 0 saturated heterocycles. The van der Waals surface area contributed by atoms with Gasteiger partial charge in [0.15, 0.2) is 0 Å². The number of benzene rings is 2. The van der Waals surface area contributed by atoms with E-state index in [0.717, 1.165) is 24.1 Å². The van der Waals surface area contributed by atoms with Gasteiger partial charge in [0.1, 0.15) is 0 Å². The first-order valence-corrected chi connectivity index (χ1v) is 7.34. The van der Waals surface area contributed by atoms with Crippen LogP contribution in [-0.4, -0.2) is 5.91 Å². The topological polar surface area (TPSA) is 55.1 Å². The van der Waals surface area contributed by atoms with Crippen molar-refractivity contribution in [3.63, 3.8) is 0 Å². The van der Waals surface area contributed by atoms with Gasteiger partial charge in [0.25, 0.3) is 0 Å². The zero-order valence-electron chi connectivity index (χ0n) is 12.4. The van der Waals surface area contributed by atoms with E-state index >= 15 is 0 Å². The highest BCUT2D eigenvalue weighted by Gasteiger charge is 2.09. The molecule has 2 rings (SSSR count). The molecule has 1 amide bonds. The number of hydrogen-bond acceptors (Lipinski definition) is 2. The van der Waals surface area contributed by atoms with Crippen LogP contribution >= 0.6 is 0 Å². The molecule has 1 unspecified atom stereocenters. The Labute approximate surface area is 126 Å². The van der Waals surface area contributed by atoms with E-state index in [0.29, 0.717) is 6.42 Å². The van der Waals surface area contributed by atoms with Crippen molar-refractivity contribution in [2.75, 3.05) is 5.73 Å². The summed E-state index contributed by atoms with van der Waals surface area (Å²) in [6.45, 7) is 1.99. The van der Waals surface area contributed by atoms with E-state index in [2.05, 4.69) is 17.4 Å². The zero-order valence-corrected chi connectivity index (χ0v) is 12.4. The van der Waals surface area contributed by atoms with Crippen LogP contribution in [0.25, 0.3) is 0 Å². The summed E-state index contributed by atoms with van der Waals surface area (Å²) in [5.41, 5.74) is 8.74. The average Bonchev–Trinajstić information content (AvgIpc) is 2.49. The first-order chi connectivity index (χ1) is 10.1. The highest BCUT2D eigenvalue weighted by Crippen LogP contribution is 2.14. The fourth-order valence-electron chi connectivity index (χ4n) is 2.28. The highest BCUT2D eigenvalue weighted by molar-refractivity contribution is 5.76. The number of carbonyl (C=O) groups excluding carboxylic acids is 1. The van der Waals surface area contributed by atoms with Gasteiger partial charge in [0.2, 0.25) is 5.91 Å². The Bertz CT molecular complexity index is 564. The lowest BCUT2D eigenvalue weighted by Crippen LogP contribution is -2.26. The van der Waals surface area contributed by atoms with Crippen molar-refractivity contribution in [2.24, 2.45) is 0 Å². The summed E-state index contributed by atoms with van der Waals surface area (Å²) in [6.07, 6.45) is 2.35. The van der Waals surface area contributed by atoms with Crippen LogP contribution in [0, 0.1) is 0 Å². The minimum absolute atomic E-state index is 0.00910. The lowest BCUT2D eigenvalue weighted by Gasteiger charge is -2.14. The number of hydrogen-bond donors (Lipinski definition) is 2. The van der Waals surface area contributed by atoms with Crippen molar-refractivity contribution < 1.29 is 4.79 Å². The second-order valence-corrected chi connectivity index (χ2v) is 5.30. The lowest BCUT2D eigenvalue weighted by molar-refractivity contribution is -0.121. The van der Waals surface area contributed by atoms with Gasteiger partial charge in [-0.1, -0.05) is 42.5 Å². The Morgan fingerprint density at radius 1 is 1.10 bits per heavy atom. The maximum absolute atomic E-state index is 11.9. The van der Waals surface area contributed by atoms with Crippen LogP contribution in [0.1, 0.15) is 36.9 Å². The Morgan fingerprint density at radius 3 is 2.43 bits per heavy atom. The van der Waals surface area contributed by atoms with E-state index in [1.807, 2.05) is 49.4 Å². The zero-order chi connectivity index (χ0) is 15.1. The lowest BCUT2D eigenvalue weighted by atomic mass is 10.1. The standard InChI is InChI=1S/C18H22N2O/c1-14(16-10-12-17(19)13-11-16)20-18(21)9-5-8-15-6-3-2-4-7-15/h2-4,6-7,10-14H,5,8-9,19H2,1H3,(H,20,21). The van der Waals surface area contributed by atoms with E-state index in [-0.39, 0.29) is 11.9 Å². The number of aryl methyl sites for hydroxylation is 1. The van der Waals surface area contributed by atoms with Crippen LogP contribution in [0.3, 0.4) is 0 Å². The maximum Gasteiger partial charge on any atom is 0.220 e. The molecule has 0 aromatic heterocycles. The van der Waals surface area contributed by atoms with Gasteiger partial charge in [0, 0.05) is 12.1 Å². The van der Waals surface area contributed by atoms with E-state index in [9.17, 15) is 4.79 Å². The van der Waals surface area contributed by atoms with Gasteiger partial charge >= 0.3 is 0 Å². The molecule has 0 spiro atoms. The highest BCUT2D eigenvalue weighted by atomic mass is 16.1. The molecular weight excluding hydrogens is 260 g/mol. The molecule has 2 aromatic rings. The molecule has 0 saturated carbocycles. The molecular formula is C18H22N2O. The summed E-state index contributed by atoms with van der Waals surface area (Å²) in [5.74, 6) is 0.0928. The molecule has 1 atom stereocenters. The van der Waals surface area contributed by atoms with Crippen molar-refractivity contribution in [2.45, 2.75) is 32.2 Å². The molecule has 3 N–H and O–H groups in total. The van der Waals surface area contributed by atoms with Crippen molar-refractivity contribution in [1.82, 2.24) is 5.32 Å². The molecule has 0 aliphatic heterocycles. The average molecular weight is 282 g/mol. The third kappa shape index (κ3) is 4.95. The largest absolute Gasteiger partial charge is 0.399 e. The first kappa shape index (κ1) is 15.1. The van der Waals surface area contributed by atoms with Gasteiger partial charge < -0.3 is 11.1 Å². The van der Waals surface area contributed by atoms with Gasteiger partial charge in [0.05, 0.1) is 6.04 Å². The molecule has 0 bridgehead atoms. The van der Waals surface area contributed by atoms with Crippen molar-refractivity contribution in [1.29, 1.82) is 0 Å². The summed E-state index contributed by atoms with van der Waals surface area (Å²) in [7, 11) is 0. The Kier molecular flexibility index (Phi) is 5.38. The van der Waals surface area contributed by atoms with Crippen LogP contribution in [0.4, 0.5) is 5.69 Å². The monoisotopic (exact) mass is 282 g/mol. The molecule has 0 fully saturated rings. The van der Waals surface area contributed by atoms with Gasteiger partial charge in [-0.3, -0.25) is 4.79 Å². The number of nitrogen functional groups attached to an aromatic ring is 1. The van der Waals surface area contributed by atoms with Crippen LogP contribution in [0.2, 0.25) is 0 Å². The molecule has 3 heteroatoms. The molecule has 0 heterocycles. The fourth-order valence-corrected chi connectivity index (χ4v) is 2.28. The smallest absolute Gasteiger partial charge is 0.220 e. The third-order valence-electron chi connectivity index (χ3n) is 3.53. The third-order valence-corrected chi connectivity index (χ3v) is 3.53. The number of nitrogens with two attached hydrogens (primary N) is 1. The number of amides is 1. The van der Waals surface area contributed by atoms with Crippen LogP contribution in [0.5, 0.6) is 0 Å². The number of nitrogens with one attached hydrogen (secondary N) is 1. The summed E-state index contributed by atoms with van der Waals surface area (Å²) in [4.78, 5) is 11.9. The van der Waals surface area contributed by atoms with E-state index in [4.69, 9.17) is 5.73 Å². The number of anilines is 1. The summed E-state index contributed by atoms with van der Waals surface area (Å²) in [5, 5.41) is 3.02. The Morgan fingerprint density at radius 2 is 1.76 bits per heavy atom. The summed E-state index contributed by atoms with van der Waals surface area (Å²) >= 11 is 0. The van der Waals surface area contributed by atoms with Gasteiger partial charge in [-0.05, 0) is 43.0 Å². The first-order valence-electron chi connectivity index (χ1n) is 7.34. The number of rotatable bonds is 6. The molecule has 21 heavy (non-hydrogen) atoms. The maximum atomic E-state index is 11.9. The normalized spacial score (nSPS) is 11.9. The van der Waals surface area contributed by atoms with Crippen molar-refractivity contribution in [3.8, 4) is 0 Å². The molecule has 0 aliphatic rings. The summed E-state index contributed by atoms with van der Waals surface area (Å²) in [6, 6.07) is 17.9. The molecule has 0 radical (unpaired) electrons. The minimum atomic E-state index is 0.00910. The second kappa shape index (κ2) is 7.48. The van der Waals surface area contributed by atoms with Gasteiger partial charge in [-0.2, -0.15) is 0 Å². The molecule has 0 aliphatic carbocycles. The van der Waals surface area contributed by atoms with Gasteiger partial charge in [-0.25, -0.2) is 0 Å². The quantitative estimate of drug-likeness (QED) is 0.797. The van der Waals surface area contributed by atoms with E-state index in [1.165, 1.54) is 5.56 Å². The Hall–Kier alpha value is -2.29. The van der Waals surface area contributed by atoms with E-state index < -0.39 is 0 Å². The molecule has 3 nitrogen and oxygen atoms in total. The van der Waals surface area contributed by atoms with Crippen molar-refractivity contribution >= 4 is 11.6 Å². The van der Waals surface area contributed by atoms with E-state index in [1.54, 1.807) is 0 Å². The van der Waals surface area contributed by atoms with Crippen LogP contribution in [-0.2, 0) is 11.2 Å². The van der Waals surface area contributed by atoms with Crippen LogP contribution < -0.4 is 11.1 Å². The number of carbonyl (C=O) groups is 1. The second-order valence-electron chi connectivity index (χ2n) is 5.30.